The van der Waals surface area contributed by atoms with Crippen molar-refractivity contribution in [1.29, 1.82) is 0 Å². The molecule has 0 saturated heterocycles. The first kappa shape index (κ1) is 18.1. The Morgan fingerprint density at radius 2 is 1.95 bits per heavy atom. The minimum absolute atomic E-state index is 0.0544. The van der Waals surface area contributed by atoms with E-state index in [9.17, 15) is 4.79 Å². The van der Waals surface area contributed by atoms with Crippen LogP contribution in [0, 0.1) is 0 Å². The molecule has 6 heteroatoms. The molecule has 1 amide bonds. The molecule has 0 aliphatic carbocycles. The lowest BCUT2D eigenvalue weighted by Crippen LogP contribution is -2.28. The van der Waals surface area contributed by atoms with Crippen LogP contribution in [0.3, 0.4) is 0 Å². The highest BCUT2D eigenvalue weighted by Gasteiger charge is 2.06. The van der Waals surface area contributed by atoms with Crippen LogP contribution in [0.1, 0.15) is 12.8 Å². The van der Waals surface area contributed by atoms with Gasteiger partial charge >= 0.3 is 0 Å². The van der Waals surface area contributed by atoms with E-state index in [0.29, 0.717) is 25.3 Å². The third-order valence-corrected chi connectivity index (χ3v) is 3.18. The summed E-state index contributed by atoms with van der Waals surface area (Å²) in [7, 11) is 7.27. The van der Waals surface area contributed by atoms with E-state index in [-0.39, 0.29) is 5.91 Å². The van der Waals surface area contributed by atoms with Gasteiger partial charge in [-0.1, -0.05) is 0 Å². The van der Waals surface area contributed by atoms with E-state index in [4.69, 9.17) is 9.47 Å². The van der Waals surface area contributed by atoms with E-state index in [2.05, 4.69) is 15.5 Å². The van der Waals surface area contributed by atoms with E-state index < -0.39 is 0 Å². The number of nitrogens with zero attached hydrogens (tertiary/aromatic N) is 1. The quantitative estimate of drug-likeness (QED) is 0.643. The zero-order valence-corrected chi connectivity index (χ0v) is 13.9. The Morgan fingerprint density at radius 3 is 2.59 bits per heavy atom. The maximum atomic E-state index is 11.7. The summed E-state index contributed by atoms with van der Waals surface area (Å²) in [6, 6.07) is 5.54. The fourth-order valence-corrected chi connectivity index (χ4v) is 1.97. The molecule has 1 aromatic rings. The van der Waals surface area contributed by atoms with Crippen LogP contribution in [0.2, 0.25) is 0 Å². The maximum absolute atomic E-state index is 11.7. The summed E-state index contributed by atoms with van der Waals surface area (Å²) in [5, 5.41) is 6.12. The Balaban J connectivity index is 2.30. The largest absolute Gasteiger partial charge is 0.497 e. The number of benzene rings is 1. The number of ether oxygens (including phenoxy) is 2. The van der Waals surface area contributed by atoms with Crippen molar-refractivity contribution in [1.82, 2.24) is 10.2 Å². The van der Waals surface area contributed by atoms with Crippen molar-refractivity contribution in [2.24, 2.45) is 0 Å². The average molecular weight is 309 g/mol. The van der Waals surface area contributed by atoms with Crippen molar-refractivity contribution in [3.05, 3.63) is 18.2 Å². The Kier molecular flexibility index (Phi) is 8.14. The molecule has 0 bridgehead atoms. The molecule has 0 heterocycles. The van der Waals surface area contributed by atoms with E-state index in [1.807, 2.05) is 32.3 Å². The lowest BCUT2D eigenvalue weighted by Gasteiger charge is -2.13. The summed E-state index contributed by atoms with van der Waals surface area (Å²) in [6.45, 7) is 2.24. The highest BCUT2D eigenvalue weighted by atomic mass is 16.5. The third kappa shape index (κ3) is 6.67. The molecule has 0 saturated carbocycles. The monoisotopic (exact) mass is 309 g/mol. The van der Waals surface area contributed by atoms with Crippen LogP contribution in [0.5, 0.6) is 11.5 Å². The number of anilines is 1. The van der Waals surface area contributed by atoms with Gasteiger partial charge in [-0.3, -0.25) is 4.79 Å². The van der Waals surface area contributed by atoms with Gasteiger partial charge in [0, 0.05) is 25.6 Å². The zero-order valence-electron chi connectivity index (χ0n) is 13.9. The standard InChI is InChI=1S/C16H27N3O3/c1-19(2)11-5-9-18-16(20)8-10-17-14-7-6-13(21-3)12-15(14)22-4/h6-7,12,17H,5,8-11H2,1-4H3,(H,18,20). The molecule has 0 aromatic heterocycles. The molecule has 0 aliphatic rings. The van der Waals surface area contributed by atoms with Crippen LogP contribution in [-0.2, 0) is 4.79 Å². The first-order valence-electron chi connectivity index (χ1n) is 7.44. The van der Waals surface area contributed by atoms with E-state index in [1.54, 1.807) is 14.2 Å². The van der Waals surface area contributed by atoms with E-state index >= 15 is 0 Å². The lowest BCUT2D eigenvalue weighted by atomic mass is 10.2. The van der Waals surface area contributed by atoms with Crippen molar-refractivity contribution >= 4 is 11.6 Å². The molecule has 1 aromatic carbocycles. The van der Waals surface area contributed by atoms with Crippen molar-refractivity contribution < 1.29 is 14.3 Å². The van der Waals surface area contributed by atoms with E-state index in [0.717, 1.165) is 24.4 Å². The minimum Gasteiger partial charge on any atom is -0.497 e. The minimum atomic E-state index is 0.0544. The van der Waals surface area contributed by atoms with Crippen LogP contribution in [0.25, 0.3) is 0 Å². The molecule has 1 rings (SSSR count). The van der Waals surface area contributed by atoms with Gasteiger partial charge in [0.2, 0.25) is 5.91 Å². The van der Waals surface area contributed by atoms with Gasteiger partial charge in [-0.2, -0.15) is 0 Å². The highest BCUT2D eigenvalue weighted by Crippen LogP contribution is 2.28. The van der Waals surface area contributed by atoms with Crippen LogP contribution in [-0.4, -0.2) is 58.8 Å². The van der Waals surface area contributed by atoms with Gasteiger partial charge in [-0.25, -0.2) is 0 Å². The molecule has 0 radical (unpaired) electrons. The average Bonchev–Trinajstić information content (AvgIpc) is 2.51. The van der Waals surface area contributed by atoms with Gasteiger partial charge in [-0.05, 0) is 39.2 Å². The maximum Gasteiger partial charge on any atom is 0.221 e. The second kappa shape index (κ2) is 9.89. The molecule has 0 spiro atoms. The molecule has 0 unspecified atom stereocenters. The number of rotatable bonds is 10. The summed E-state index contributed by atoms with van der Waals surface area (Å²) in [5.41, 5.74) is 0.851. The molecule has 124 valence electrons. The van der Waals surface area contributed by atoms with Gasteiger partial charge in [0.05, 0.1) is 19.9 Å². The number of hydrogen-bond acceptors (Lipinski definition) is 5. The first-order chi connectivity index (χ1) is 10.6. The lowest BCUT2D eigenvalue weighted by molar-refractivity contribution is -0.120. The third-order valence-electron chi connectivity index (χ3n) is 3.18. The van der Waals surface area contributed by atoms with Gasteiger partial charge < -0.3 is 25.0 Å². The zero-order chi connectivity index (χ0) is 16.4. The highest BCUT2D eigenvalue weighted by molar-refractivity contribution is 5.76. The number of carbonyl (C=O) groups is 1. The van der Waals surface area contributed by atoms with Crippen molar-refractivity contribution in [2.45, 2.75) is 12.8 Å². The van der Waals surface area contributed by atoms with Gasteiger partial charge in [-0.15, -0.1) is 0 Å². The fraction of sp³-hybridized carbons (Fsp3) is 0.562. The Bertz CT molecular complexity index is 464. The topological polar surface area (TPSA) is 62.8 Å². The first-order valence-corrected chi connectivity index (χ1v) is 7.44. The second-order valence-corrected chi connectivity index (χ2v) is 5.25. The van der Waals surface area contributed by atoms with Gasteiger partial charge in [0.15, 0.2) is 0 Å². The number of nitrogens with one attached hydrogen (secondary N) is 2. The summed E-state index contributed by atoms with van der Waals surface area (Å²) in [6.07, 6.45) is 1.38. The Hall–Kier alpha value is -1.95. The summed E-state index contributed by atoms with van der Waals surface area (Å²) < 4.78 is 10.5. The van der Waals surface area contributed by atoms with Crippen LogP contribution in [0.4, 0.5) is 5.69 Å². The van der Waals surface area contributed by atoms with Crippen LogP contribution < -0.4 is 20.1 Å². The molecule has 6 nitrogen and oxygen atoms in total. The van der Waals surface area contributed by atoms with Crippen LogP contribution in [0.15, 0.2) is 18.2 Å². The molecule has 0 fully saturated rings. The number of carbonyl (C=O) groups excluding carboxylic acids is 1. The smallest absolute Gasteiger partial charge is 0.221 e. The second-order valence-electron chi connectivity index (χ2n) is 5.25. The molecular formula is C16H27N3O3. The normalized spacial score (nSPS) is 10.4. The number of amides is 1. The molecule has 22 heavy (non-hydrogen) atoms. The SMILES string of the molecule is COc1ccc(NCCC(=O)NCCCN(C)C)c(OC)c1. The van der Waals surface area contributed by atoms with Crippen molar-refractivity contribution in [3.63, 3.8) is 0 Å². The predicted molar refractivity (Wildman–Crippen MR) is 88.8 cm³/mol. The summed E-state index contributed by atoms with van der Waals surface area (Å²) in [5.74, 6) is 1.49. The fourth-order valence-electron chi connectivity index (χ4n) is 1.97. The Labute approximate surface area is 132 Å². The van der Waals surface area contributed by atoms with Crippen molar-refractivity contribution in [2.75, 3.05) is 53.3 Å². The van der Waals surface area contributed by atoms with Gasteiger partial charge in [0.25, 0.3) is 0 Å². The number of methoxy groups -OCH3 is 2. The van der Waals surface area contributed by atoms with E-state index in [1.165, 1.54) is 0 Å². The molecular weight excluding hydrogens is 282 g/mol. The number of hydrogen-bond donors (Lipinski definition) is 2. The predicted octanol–water partition coefficient (Wildman–Crippen LogP) is 1.57. The summed E-state index contributed by atoms with van der Waals surface area (Å²) >= 11 is 0. The summed E-state index contributed by atoms with van der Waals surface area (Å²) in [4.78, 5) is 13.8. The molecule has 0 atom stereocenters. The van der Waals surface area contributed by atoms with Crippen molar-refractivity contribution in [3.8, 4) is 11.5 Å². The molecule has 0 aliphatic heterocycles. The molecule has 2 N–H and O–H groups in total. The Morgan fingerprint density at radius 1 is 1.18 bits per heavy atom. The van der Waals surface area contributed by atoms with Gasteiger partial charge in [0.1, 0.15) is 11.5 Å². The van der Waals surface area contributed by atoms with Crippen LogP contribution >= 0.6 is 0 Å².